The molecule has 2 aliphatic heterocycles. The van der Waals surface area contributed by atoms with Crippen LogP contribution < -0.4 is 0 Å². The van der Waals surface area contributed by atoms with Gasteiger partial charge in [-0.2, -0.15) is 0 Å². The molecule has 0 bridgehead atoms. The summed E-state index contributed by atoms with van der Waals surface area (Å²) in [6.07, 6.45) is 3.17. The van der Waals surface area contributed by atoms with E-state index < -0.39 is 0 Å². The van der Waals surface area contributed by atoms with Crippen molar-refractivity contribution in [2.45, 2.75) is 45.1 Å². The van der Waals surface area contributed by atoms with Crippen molar-refractivity contribution in [3.8, 4) is 0 Å². The van der Waals surface area contributed by atoms with Crippen molar-refractivity contribution in [3.05, 3.63) is 0 Å². The van der Waals surface area contributed by atoms with E-state index in [2.05, 4.69) is 0 Å². The van der Waals surface area contributed by atoms with Gasteiger partial charge in [0.15, 0.2) is 0 Å². The maximum atomic E-state index is 12.2. The van der Waals surface area contributed by atoms with Crippen molar-refractivity contribution < 1.29 is 19.4 Å². The van der Waals surface area contributed by atoms with Gasteiger partial charge in [-0.05, 0) is 38.5 Å². The van der Waals surface area contributed by atoms with Crippen molar-refractivity contribution in [1.82, 2.24) is 9.80 Å². The Hall–Kier alpha value is -1.30. The fourth-order valence-corrected chi connectivity index (χ4v) is 3.03. The van der Waals surface area contributed by atoms with Crippen molar-refractivity contribution >= 4 is 12.0 Å². The first kappa shape index (κ1) is 16.1. The monoisotopic (exact) mass is 298 g/mol. The summed E-state index contributed by atoms with van der Waals surface area (Å²) in [5, 5.41) is 9.47. The lowest BCUT2D eigenvalue weighted by Gasteiger charge is -2.34. The van der Waals surface area contributed by atoms with Gasteiger partial charge in [0.25, 0.3) is 0 Å². The summed E-state index contributed by atoms with van der Waals surface area (Å²) in [5.41, 5.74) is 0. The van der Waals surface area contributed by atoms with Crippen LogP contribution in [0.3, 0.4) is 0 Å². The summed E-state index contributed by atoms with van der Waals surface area (Å²) >= 11 is 0. The van der Waals surface area contributed by atoms with Gasteiger partial charge in [-0.15, -0.1) is 0 Å². The fraction of sp³-hybridized carbons (Fsp3) is 0.867. The fourth-order valence-electron chi connectivity index (χ4n) is 3.03. The molecule has 120 valence electrons. The minimum absolute atomic E-state index is 0.191. The van der Waals surface area contributed by atoms with E-state index in [9.17, 15) is 14.7 Å². The number of likely N-dealkylation sites (tertiary alicyclic amines) is 2. The van der Waals surface area contributed by atoms with E-state index in [1.54, 1.807) is 11.8 Å². The first-order valence-corrected chi connectivity index (χ1v) is 7.97. The second-order valence-electron chi connectivity index (χ2n) is 5.95. The molecule has 2 heterocycles. The van der Waals surface area contributed by atoms with Gasteiger partial charge in [0, 0.05) is 32.6 Å². The molecule has 0 radical (unpaired) electrons. The summed E-state index contributed by atoms with van der Waals surface area (Å²) in [6.45, 7) is 4.89. The third-order valence-electron chi connectivity index (χ3n) is 4.42. The molecular weight excluding hydrogens is 272 g/mol. The number of nitrogens with zero attached hydrogens (tertiary/aromatic N) is 2. The molecule has 0 aromatic rings. The van der Waals surface area contributed by atoms with Crippen molar-refractivity contribution in [1.29, 1.82) is 0 Å². The molecule has 0 atom stereocenters. The number of hydrogen-bond donors (Lipinski definition) is 1. The highest BCUT2D eigenvalue weighted by Crippen LogP contribution is 2.23. The Bertz CT molecular complexity index is 359. The first-order valence-electron chi connectivity index (χ1n) is 7.97. The smallest absolute Gasteiger partial charge is 0.409 e. The maximum absolute atomic E-state index is 12.2. The lowest BCUT2D eigenvalue weighted by atomic mass is 9.92. The van der Waals surface area contributed by atoms with Crippen molar-refractivity contribution in [2.75, 3.05) is 32.8 Å². The lowest BCUT2D eigenvalue weighted by molar-refractivity contribution is -0.134. The summed E-state index contributed by atoms with van der Waals surface area (Å²) in [4.78, 5) is 27.4. The Kier molecular flexibility index (Phi) is 5.85. The normalized spacial score (nSPS) is 21.4. The zero-order chi connectivity index (χ0) is 15.2. The topological polar surface area (TPSA) is 70.1 Å². The SMILES string of the molecule is CCOC(=O)N1CCC(CC(=O)N2CCC(O)CC2)CC1. The van der Waals surface area contributed by atoms with Gasteiger partial charge in [0.2, 0.25) is 5.91 Å². The van der Waals surface area contributed by atoms with Gasteiger partial charge in [0.05, 0.1) is 12.7 Å². The number of piperidine rings is 2. The average molecular weight is 298 g/mol. The summed E-state index contributed by atoms with van der Waals surface area (Å²) < 4.78 is 4.99. The molecule has 6 nitrogen and oxygen atoms in total. The Morgan fingerprint density at radius 2 is 1.62 bits per heavy atom. The maximum Gasteiger partial charge on any atom is 0.409 e. The molecule has 6 heteroatoms. The van der Waals surface area contributed by atoms with Crippen LogP contribution >= 0.6 is 0 Å². The molecule has 2 aliphatic rings. The molecule has 0 aromatic carbocycles. The third kappa shape index (κ3) is 4.59. The second-order valence-corrected chi connectivity index (χ2v) is 5.95. The number of amides is 2. The molecule has 2 amide bonds. The van der Waals surface area contributed by atoms with Crippen LogP contribution in [0.1, 0.15) is 39.0 Å². The summed E-state index contributed by atoms with van der Waals surface area (Å²) in [5.74, 6) is 0.548. The zero-order valence-corrected chi connectivity index (χ0v) is 12.8. The molecule has 0 spiro atoms. The Morgan fingerprint density at radius 1 is 1.05 bits per heavy atom. The van der Waals surface area contributed by atoms with E-state index in [1.807, 2.05) is 4.90 Å². The van der Waals surface area contributed by atoms with Crippen LogP contribution in [0.5, 0.6) is 0 Å². The highest BCUT2D eigenvalue weighted by Gasteiger charge is 2.28. The predicted molar refractivity (Wildman–Crippen MR) is 77.8 cm³/mol. The number of rotatable bonds is 3. The minimum atomic E-state index is -0.248. The standard InChI is InChI=1S/C15H26N2O4/c1-2-21-15(20)17-7-3-12(4-8-17)11-14(19)16-9-5-13(18)6-10-16/h12-13,18H,2-11H2,1H3. The Morgan fingerprint density at radius 3 is 2.19 bits per heavy atom. The van der Waals surface area contributed by atoms with Crippen molar-refractivity contribution in [2.24, 2.45) is 5.92 Å². The summed E-state index contributed by atoms with van der Waals surface area (Å²) in [6, 6.07) is 0. The van der Waals surface area contributed by atoms with Crippen molar-refractivity contribution in [3.63, 3.8) is 0 Å². The second kappa shape index (κ2) is 7.64. The molecule has 0 aliphatic carbocycles. The molecule has 0 saturated carbocycles. The minimum Gasteiger partial charge on any atom is -0.450 e. The first-order chi connectivity index (χ1) is 10.1. The lowest BCUT2D eigenvalue weighted by Crippen LogP contribution is -2.43. The number of carbonyl (C=O) groups excluding carboxylic acids is 2. The van der Waals surface area contributed by atoms with E-state index in [4.69, 9.17) is 4.74 Å². The van der Waals surface area contributed by atoms with E-state index in [1.165, 1.54) is 0 Å². The van der Waals surface area contributed by atoms with Gasteiger partial charge in [-0.25, -0.2) is 4.79 Å². The summed E-state index contributed by atoms with van der Waals surface area (Å²) in [7, 11) is 0. The van der Waals surface area contributed by atoms with E-state index >= 15 is 0 Å². The van der Waals surface area contributed by atoms with Gasteiger partial charge < -0.3 is 19.6 Å². The molecule has 2 saturated heterocycles. The van der Waals surface area contributed by atoms with Crippen LogP contribution in [0.25, 0.3) is 0 Å². The number of aliphatic hydroxyl groups excluding tert-OH is 1. The Labute approximate surface area is 126 Å². The molecule has 0 unspecified atom stereocenters. The van der Waals surface area contributed by atoms with E-state index in [-0.39, 0.29) is 18.1 Å². The molecule has 2 rings (SSSR count). The van der Waals surface area contributed by atoms with Crippen LogP contribution in [0.4, 0.5) is 4.79 Å². The number of aliphatic hydroxyl groups is 1. The largest absolute Gasteiger partial charge is 0.450 e. The van der Waals surface area contributed by atoms with E-state index in [0.29, 0.717) is 58.0 Å². The third-order valence-corrected chi connectivity index (χ3v) is 4.42. The molecule has 21 heavy (non-hydrogen) atoms. The van der Waals surface area contributed by atoms with Gasteiger partial charge in [-0.1, -0.05) is 0 Å². The van der Waals surface area contributed by atoms with Crippen LogP contribution in [0, 0.1) is 5.92 Å². The predicted octanol–water partition coefficient (Wildman–Crippen LogP) is 1.23. The average Bonchev–Trinajstić information content (AvgIpc) is 2.49. The van der Waals surface area contributed by atoms with E-state index in [0.717, 1.165) is 12.8 Å². The number of ether oxygens (including phenoxy) is 1. The highest BCUT2D eigenvalue weighted by molar-refractivity contribution is 5.76. The van der Waals surface area contributed by atoms with Crippen LogP contribution in [-0.4, -0.2) is 65.8 Å². The Balaban J connectivity index is 1.70. The van der Waals surface area contributed by atoms with Gasteiger partial charge in [-0.3, -0.25) is 4.79 Å². The molecule has 1 N–H and O–H groups in total. The van der Waals surface area contributed by atoms with Gasteiger partial charge >= 0.3 is 6.09 Å². The van der Waals surface area contributed by atoms with Gasteiger partial charge in [0.1, 0.15) is 0 Å². The van der Waals surface area contributed by atoms with Crippen LogP contribution in [0.2, 0.25) is 0 Å². The number of hydrogen-bond acceptors (Lipinski definition) is 4. The number of carbonyl (C=O) groups is 2. The zero-order valence-electron chi connectivity index (χ0n) is 12.8. The molecule has 2 fully saturated rings. The van der Waals surface area contributed by atoms with Crippen LogP contribution in [0.15, 0.2) is 0 Å². The quantitative estimate of drug-likeness (QED) is 0.851. The molecule has 0 aromatic heterocycles. The highest BCUT2D eigenvalue weighted by atomic mass is 16.6. The van der Waals surface area contributed by atoms with Crippen LogP contribution in [-0.2, 0) is 9.53 Å². The molecular formula is C15H26N2O4.